The van der Waals surface area contributed by atoms with Crippen molar-refractivity contribution in [2.75, 3.05) is 21.3 Å². The summed E-state index contributed by atoms with van der Waals surface area (Å²) in [6.45, 7) is 0. The lowest BCUT2D eigenvalue weighted by atomic mass is 10.1. The SMILES string of the molecule is COc1cc(OC)c(C(n2cccc2)n2cccc2)c(OC)c1. The van der Waals surface area contributed by atoms with Gasteiger partial charge in [0.25, 0.3) is 0 Å². The first-order chi connectivity index (χ1) is 11.3. The molecule has 0 aliphatic heterocycles. The first-order valence-electron chi connectivity index (χ1n) is 7.33. The second-order valence-corrected chi connectivity index (χ2v) is 5.08. The monoisotopic (exact) mass is 312 g/mol. The maximum atomic E-state index is 5.62. The molecule has 1 aromatic carbocycles. The number of hydrogen-bond donors (Lipinski definition) is 0. The lowest BCUT2D eigenvalue weighted by Crippen LogP contribution is -2.18. The number of ether oxygens (including phenoxy) is 3. The normalized spacial score (nSPS) is 10.8. The van der Waals surface area contributed by atoms with Crippen LogP contribution in [0.1, 0.15) is 11.7 Å². The standard InChI is InChI=1S/C18H20N2O3/c1-21-14-12-15(22-2)17(16(13-14)23-3)18(19-8-4-5-9-19)20-10-6-7-11-20/h4-13,18H,1-3H3. The summed E-state index contributed by atoms with van der Waals surface area (Å²) in [4.78, 5) is 0. The molecule has 0 spiro atoms. The first kappa shape index (κ1) is 15.1. The molecule has 0 unspecified atom stereocenters. The number of rotatable bonds is 6. The van der Waals surface area contributed by atoms with Crippen molar-refractivity contribution in [2.45, 2.75) is 6.17 Å². The Labute approximate surface area is 135 Å². The summed E-state index contributed by atoms with van der Waals surface area (Å²) in [6, 6.07) is 11.7. The second-order valence-electron chi connectivity index (χ2n) is 5.08. The lowest BCUT2D eigenvalue weighted by molar-refractivity contribution is 0.352. The Morgan fingerprint density at radius 2 is 1.13 bits per heavy atom. The van der Waals surface area contributed by atoms with Gasteiger partial charge in [-0.05, 0) is 24.3 Å². The molecule has 3 aromatic rings. The predicted molar refractivity (Wildman–Crippen MR) is 88.5 cm³/mol. The van der Waals surface area contributed by atoms with Crippen molar-refractivity contribution in [1.29, 1.82) is 0 Å². The van der Waals surface area contributed by atoms with E-state index in [2.05, 4.69) is 9.13 Å². The Kier molecular flexibility index (Phi) is 4.28. The van der Waals surface area contributed by atoms with Crippen molar-refractivity contribution in [3.8, 4) is 17.2 Å². The molecule has 0 aliphatic carbocycles. The van der Waals surface area contributed by atoms with Crippen molar-refractivity contribution < 1.29 is 14.2 Å². The van der Waals surface area contributed by atoms with E-state index >= 15 is 0 Å². The van der Waals surface area contributed by atoms with Crippen LogP contribution in [-0.4, -0.2) is 30.5 Å². The van der Waals surface area contributed by atoms with Gasteiger partial charge in [-0.1, -0.05) is 0 Å². The van der Waals surface area contributed by atoms with Gasteiger partial charge < -0.3 is 23.3 Å². The fourth-order valence-electron chi connectivity index (χ4n) is 2.76. The van der Waals surface area contributed by atoms with Gasteiger partial charge in [0.2, 0.25) is 0 Å². The molecule has 0 saturated carbocycles. The molecule has 0 radical (unpaired) electrons. The fourth-order valence-corrected chi connectivity index (χ4v) is 2.76. The molecule has 23 heavy (non-hydrogen) atoms. The topological polar surface area (TPSA) is 37.5 Å². The lowest BCUT2D eigenvalue weighted by Gasteiger charge is -2.25. The van der Waals surface area contributed by atoms with E-state index in [0.717, 1.165) is 5.56 Å². The number of hydrogen-bond acceptors (Lipinski definition) is 3. The highest BCUT2D eigenvalue weighted by Crippen LogP contribution is 2.40. The Bertz CT molecular complexity index is 689. The summed E-state index contributed by atoms with van der Waals surface area (Å²) in [6.07, 6.45) is 7.97. The highest BCUT2D eigenvalue weighted by Gasteiger charge is 2.24. The van der Waals surface area contributed by atoms with Crippen molar-refractivity contribution in [1.82, 2.24) is 9.13 Å². The summed E-state index contributed by atoms with van der Waals surface area (Å²) in [5, 5.41) is 0. The average Bonchev–Trinajstić information content (AvgIpc) is 3.29. The summed E-state index contributed by atoms with van der Waals surface area (Å²) < 4.78 is 20.8. The molecule has 2 heterocycles. The number of benzene rings is 1. The molecule has 0 saturated heterocycles. The van der Waals surface area contributed by atoms with Crippen LogP contribution in [0.5, 0.6) is 17.2 Å². The summed E-state index contributed by atoms with van der Waals surface area (Å²) in [7, 11) is 4.93. The van der Waals surface area contributed by atoms with Crippen molar-refractivity contribution in [3.05, 3.63) is 66.7 Å². The maximum Gasteiger partial charge on any atom is 0.142 e. The predicted octanol–water partition coefficient (Wildman–Crippen LogP) is 3.41. The zero-order valence-corrected chi connectivity index (χ0v) is 13.5. The van der Waals surface area contributed by atoms with Crippen molar-refractivity contribution in [2.24, 2.45) is 0 Å². The molecule has 0 aliphatic rings. The smallest absolute Gasteiger partial charge is 0.142 e. The highest BCUT2D eigenvalue weighted by atomic mass is 16.5. The molecule has 0 atom stereocenters. The minimum absolute atomic E-state index is 0.115. The molecule has 5 nitrogen and oxygen atoms in total. The molecule has 120 valence electrons. The molecular formula is C18H20N2O3. The fraction of sp³-hybridized carbons (Fsp3) is 0.222. The van der Waals surface area contributed by atoms with E-state index in [-0.39, 0.29) is 6.17 Å². The second kappa shape index (κ2) is 6.52. The van der Waals surface area contributed by atoms with Crippen LogP contribution in [0.2, 0.25) is 0 Å². The highest BCUT2D eigenvalue weighted by molar-refractivity contribution is 5.52. The summed E-state index contributed by atoms with van der Waals surface area (Å²) in [5.74, 6) is 2.13. The molecule has 0 fully saturated rings. The van der Waals surface area contributed by atoms with E-state index < -0.39 is 0 Å². The Morgan fingerprint density at radius 1 is 0.696 bits per heavy atom. The number of methoxy groups -OCH3 is 3. The van der Waals surface area contributed by atoms with Gasteiger partial charge in [0.05, 0.1) is 26.9 Å². The molecule has 0 bridgehead atoms. The molecule has 2 aromatic heterocycles. The van der Waals surface area contributed by atoms with Gasteiger partial charge in [-0.15, -0.1) is 0 Å². The molecule has 0 N–H and O–H groups in total. The average molecular weight is 312 g/mol. The van der Waals surface area contributed by atoms with Crippen LogP contribution in [-0.2, 0) is 0 Å². The van der Waals surface area contributed by atoms with E-state index in [4.69, 9.17) is 14.2 Å². The Hall–Kier alpha value is -2.82. The van der Waals surface area contributed by atoms with Crippen LogP contribution in [0.15, 0.2) is 61.2 Å². The Balaban J connectivity index is 2.24. The van der Waals surface area contributed by atoms with Gasteiger partial charge in [-0.25, -0.2) is 0 Å². The van der Waals surface area contributed by atoms with Gasteiger partial charge in [0, 0.05) is 36.9 Å². The zero-order valence-electron chi connectivity index (χ0n) is 13.5. The zero-order chi connectivity index (χ0) is 16.2. The van der Waals surface area contributed by atoms with Gasteiger partial charge >= 0.3 is 0 Å². The third kappa shape index (κ3) is 2.77. The molecule has 3 rings (SSSR count). The van der Waals surface area contributed by atoms with Crippen LogP contribution in [0, 0.1) is 0 Å². The minimum Gasteiger partial charge on any atom is -0.496 e. The van der Waals surface area contributed by atoms with E-state index in [1.807, 2.05) is 61.2 Å². The summed E-state index contributed by atoms with van der Waals surface area (Å²) in [5.41, 5.74) is 0.934. The van der Waals surface area contributed by atoms with E-state index in [1.165, 1.54) is 0 Å². The van der Waals surface area contributed by atoms with E-state index in [0.29, 0.717) is 17.2 Å². The number of aromatic nitrogens is 2. The molecule has 5 heteroatoms. The molecular weight excluding hydrogens is 292 g/mol. The van der Waals surface area contributed by atoms with Crippen LogP contribution < -0.4 is 14.2 Å². The Morgan fingerprint density at radius 3 is 1.48 bits per heavy atom. The minimum atomic E-state index is -0.115. The maximum absolute atomic E-state index is 5.62. The quantitative estimate of drug-likeness (QED) is 0.700. The van der Waals surface area contributed by atoms with Crippen LogP contribution >= 0.6 is 0 Å². The first-order valence-corrected chi connectivity index (χ1v) is 7.33. The van der Waals surface area contributed by atoms with Gasteiger partial charge in [0.15, 0.2) is 0 Å². The van der Waals surface area contributed by atoms with Gasteiger partial charge in [-0.3, -0.25) is 0 Å². The van der Waals surface area contributed by atoms with Gasteiger partial charge in [-0.2, -0.15) is 0 Å². The van der Waals surface area contributed by atoms with E-state index in [1.54, 1.807) is 21.3 Å². The van der Waals surface area contributed by atoms with Crippen LogP contribution in [0.3, 0.4) is 0 Å². The third-order valence-corrected chi connectivity index (χ3v) is 3.83. The number of nitrogens with zero attached hydrogens (tertiary/aromatic N) is 2. The summed E-state index contributed by atoms with van der Waals surface area (Å²) >= 11 is 0. The largest absolute Gasteiger partial charge is 0.496 e. The van der Waals surface area contributed by atoms with Crippen molar-refractivity contribution in [3.63, 3.8) is 0 Å². The van der Waals surface area contributed by atoms with Gasteiger partial charge in [0.1, 0.15) is 23.4 Å². The van der Waals surface area contributed by atoms with Crippen LogP contribution in [0.4, 0.5) is 0 Å². The van der Waals surface area contributed by atoms with Crippen molar-refractivity contribution >= 4 is 0 Å². The molecule has 0 amide bonds. The van der Waals surface area contributed by atoms with E-state index in [9.17, 15) is 0 Å². The van der Waals surface area contributed by atoms with Crippen LogP contribution in [0.25, 0.3) is 0 Å². The third-order valence-electron chi connectivity index (χ3n) is 3.83.